The fraction of sp³-hybridized carbons (Fsp3) is 0.364. The van der Waals surface area contributed by atoms with Crippen molar-refractivity contribution in [3.63, 3.8) is 0 Å². The molecule has 10 heteroatoms. The lowest BCUT2D eigenvalue weighted by Gasteiger charge is -2.43. The Bertz CT molecular complexity index is 706. The fourth-order valence-electron chi connectivity index (χ4n) is 2.39. The zero-order valence-corrected chi connectivity index (χ0v) is 10.8. The average molecular weight is 293 g/mol. The number of aromatic nitrogens is 2. The van der Waals surface area contributed by atoms with Crippen molar-refractivity contribution in [2.45, 2.75) is 0 Å². The topological polar surface area (TPSA) is 125 Å². The van der Waals surface area contributed by atoms with Gasteiger partial charge in [0, 0.05) is 6.07 Å². The van der Waals surface area contributed by atoms with Gasteiger partial charge in [0.05, 0.1) is 23.7 Å². The smallest absolute Gasteiger partial charge is 0.301 e. The molecule has 1 aliphatic heterocycles. The van der Waals surface area contributed by atoms with Gasteiger partial charge >= 0.3 is 12.1 Å². The fourth-order valence-corrected chi connectivity index (χ4v) is 2.39. The van der Waals surface area contributed by atoms with Crippen LogP contribution in [-0.2, 0) is 4.79 Å². The summed E-state index contributed by atoms with van der Waals surface area (Å²) in [4.78, 5) is 23.0. The number of non-ortho nitro benzene ring substituents is 1. The molecule has 10 nitrogen and oxygen atoms in total. The molecule has 0 unspecified atom stereocenters. The van der Waals surface area contributed by atoms with E-state index in [1.165, 1.54) is 6.07 Å². The number of nitrogens with zero attached hydrogens (tertiary/aromatic N) is 5. The minimum absolute atomic E-state index is 0.0707. The zero-order chi connectivity index (χ0) is 15.0. The molecule has 0 spiro atoms. The van der Waals surface area contributed by atoms with E-state index in [0.717, 1.165) is 0 Å². The summed E-state index contributed by atoms with van der Waals surface area (Å²) < 4.78 is 3.71. The number of nitro benzene ring substituents is 1. The quantitative estimate of drug-likeness (QED) is 0.262. The van der Waals surface area contributed by atoms with E-state index in [1.54, 1.807) is 6.07 Å². The van der Waals surface area contributed by atoms with Crippen LogP contribution < -0.4 is 4.90 Å². The molecule has 1 aromatic carbocycles. The number of carbonyl (C=O) groups excluding carboxylic acids is 1. The largest absolute Gasteiger partial charge is 0.625 e. The third-order valence-corrected chi connectivity index (χ3v) is 3.60. The van der Waals surface area contributed by atoms with Crippen LogP contribution in [0.15, 0.2) is 16.8 Å². The van der Waals surface area contributed by atoms with Crippen molar-refractivity contribution in [2.75, 3.05) is 31.1 Å². The summed E-state index contributed by atoms with van der Waals surface area (Å²) in [5, 5.41) is 30.0. The zero-order valence-electron chi connectivity index (χ0n) is 10.8. The molecule has 21 heavy (non-hydrogen) atoms. The number of benzene rings is 1. The van der Waals surface area contributed by atoms with Crippen molar-refractivity contribution in [1.29, 1.82) is 0 Å². The Labute approximate surface area is 117 Å². The van der Waals surface area contributed by atoms with Crippen LogP contribution in [0.5, 0.6) is 0 Å². The molecular weight excluding hydrogens is 282 g/mol. The molecule has 0 radical (unpaired) electrons. The third kappa shape index (κ3) is 2.19. The van der Waals surface area contributed by atoms with Crippen LogP contribution in [0.25, 0.3) is 11.0 Å². The average Bonchev–Trinajstić information content (AvgIpc) is 2.96. The number of carbonyl (C=O) groups is 1. The molecule has 0 N–H and O–H groups in total. The predicted octanol–water partition coefficient (Wildman–Crippen LogP) is 0.422. The SMILES string of the molecule is O=C[N+]1([O-])CCN(c2ccc([N+](=O)[O-])c3nonc23)CC1. The first-order valence-corrected chi connectivity index (χ1v) is 6.23. The minimum atomic E-state index is -0.885. The molecule has 110 valence electrons. The van der Waals surface area contributed by atoms with Crippen LogP contribution in [0.3, 0.4) is 0 Å². The molecule has 1 aromatic heterocycles. The summed E-state index contributed by atoms with van der Waals surface area (Å²) in [5.41, 5.74) is 0.769. The minimum Gasteiger partial charge on any atom is -0.625 e. The summed E-state index contributed by atoms with van der Waals surface area (Å²) in [5.74, 6) is 0. The highest BCUT2D eigenvalue weighted by Crippen LogP contribution is 2.31. The van der Waals surface area contributed by atoms with Gasteiger partial charge in [-0.25, -0.2) is 9.42 Å². The molecular formula is C11H11N5O5. The van der Waals surface area contributed by atoms with E-state index in [2.05, 4.69) is 14.9 Å². The van der Waals surface area contributed by atoms with Crippen LogP contribution in [0, 0.1) is 15.3 Å². The van der Waals surface area contributed by atoms with E-state index in [-0.39, 0.29) is 29.8 Å². The number of hydrogen-bond donors (Lipinski definition) is 0. The van der Waals surface area contributed by atoms with Gasteiger partial charge < -0.3 is 10.1 Å². The van der Waals surface area contributed by atoms with Gasteiger partial charge in [0.25, 0.3) is 0 Å². The molecule has 0 saturated carbocycles. The number of rotatable bonds is 3. The van der Waals surface area contributed by atoms with Gasteiger partial charge in [0.2, 0.25) is 5.52 Å². The van der Waals surface area contributed by atoms with Crippen molar-refractivity contribution >= 4 is 28.8 Å². The number of hydrogen-bond acceptors (Lipinski definition) is 8. The highest BCUT2D eigenvalue weighted by molar-refractivity contribution is 5.93. The second kappa shape index (κ2) is 4.75. The standard InChI is InChI=1S/C11H11N5O5/c17-7-16(20)5-3-14(4-6-16)8-1-2-9(15(18)19)11-10(8)12-21-13-11/h1-2,7H,3-6H2. The number of piperazine rings is 1. The number of amides is 1. The number of hydroxylamine groups is 3. The van der Waals surface area contributed by atoms with Crippen molar-refractivity contribution in [3.8, 4) is 0 Å². The van der Waals surface area contributed by atoms with Gasteiger partial charge in [-0.05, 0) is 16.4 Å². The van der Waals surface area contributed by atoms with Gasteiger partial charge in [-0.1, -0.05) is 0 Å². The highest BCUT2D eigenvalue weighted by atomic mass is 16.6. The molecule has 0 atom stereocenters. The van der Waals surface area contributed by atoms with Gasteiger partial charge in [-0.3, -0.25) is 14.8 Å². The number of anilines is 1. The summed E-state index contributed by atoms with van der Waals surface area (Å²) in [6, 6.07) is 2.88. The summed E-state index contributed by atoms with van der Waals surface area (Å²) in [6.45, 7) is 0.935. The first-order valence-electron chi connectivity index (χ1n) is 6.23. The summed E-state index contributed by atoms with van der Waals surface area (Å²) >= 11 is 0. The van der Waals surface area contributed by atoms with Gasteiger partial charge in [-0.2, -0.15) is 0 Å². The van der Waals surface area contributed by atoms with Crippen molar-refractivity contribution in [2.24, 2.45) is 0 Å². The van der Waals surface area contributed by atoms with Crippen LogP contribution in [0.1, 0.15) is 0 Å². The number of nitro groups is 1. The number of quaternary nitrogens is 1. The van der Waals surface area contributed by atoms with Crippen LogP contribution in [0.4, 0.5) is 11.4 Å². The maximum absolute atomic E-state index is 11.8. The molecule has 1 aliphatic rings. The Morgan fingerprint density at radius 3 is 2.57 bits per heavy atom. The van der Waals surface area contributed by atoms with Gasteiger partial charge in [-0.15, -0.1) is 0 Å². The molecule has 2 aromatic rings. The molecule has 2 heterocycles. The second-order valence-electron chi connectivity index (χ2n) is 4.81. The lowest BCUT2D eigenvalue weighted by molar-refractivity contribution is -0.795. The van der Waals surface area contributed by atoms with E-state index >= 15 is 0 Å². The van der Waals surface area contributed by atoms with Crippen LogP contribution in [-0.4, -0.2) is 52.5 Å². The first kappa shape index (κ1) is 13.4. The molecule has 3 rings (SSSR count). The van der Waals surface area contributed by atoms with E-state index < -0.39 is 9.57 Å². The maximum atomic E-state index is 11.8. The monoisotopic (exact) mass is 293 g/mol. The maximum Gasteiger partial charge on any atom is 0.301 e. The second-order valence-corrected chi connectivity index (χ2v) is 4.81. The van der Waals surface area contributed by atoms with Crippen molar-refractivity contribution in [1.82, 2.24) is 10.3 Å². The molecule has 1 fully saturated rings. The molecule has 0 bridgehead atoms. The first-order chi connectivity index (χ1) is 10.0. The number of fused-ring (bicyclic) bond motifs is 1. The van der Waals surface area contributed by atoms with Crippen molar-refractivity contribution < 1.29 is 19.0 Å². The van der Waals surface area contributed by atoms with E-state index in [9.17, 15) is 20.1 Å². The normalized spacial score (nSPS) is 17.9. The van der Waals surface area contributed by atoms with E-state index in [4.69, 9.17) is 0 Å². The highest BCUT2D eigenvalue weighted by Gasteiger charge is 2.28. The summed E-state index contributed by atoms with van der Waals surface area (Å²) in [6.07, 6.45) is 0.389. The Balaban J connectivity index is 1.96. The Morgan fingerprint density at radius 2 is 1.95 bits per heavy atom. The lowest BCUT2D eigenvalue weighted by Crippen LogP contribution is -2.55. The Kier molecular flexibility index (Phi) is 3.03. The van der Waals surface area contributed by atoms with Crippen LogP contribution >= 0.6 is 0 Å². The predicted molar refractivity (Wildman–Crippen MR) is 70.1 cm³/mol. The molecule has 1 saturated heterocycles. The Hall–Kier alpha value is -2.59. The van der Waals surface area contributed by atoms with E-state index in [0.29, 0.717) is 25.2 Å². The molecule has 1 amide bonds. The lowest BCUT2D eigenvalue weighted by atomic mass is 10.2. The van der Waals surface area contributed by atoms with Crippen molar-refractivity contribution in [3.05, 3.63) is 27.5 Å². The molecule has 0 aliphatic carbocycles. The van der Waals surface area contributed by atoms with E-state index in [1.807, 2.05) is 4.90 Å². The Morgan fingerprint density at radius 1 is 1.29 bits per heavy atom. The van der Waals surface area contributed by atoms with Gasteiger partial charge in [0.1, 0.15) is 13.1 Å². The van der Waals surface area contributed by atoms with Crippen LogP contribution in [0.2, 0.25) is 0 Å². The third-order valence-electron chi connectivity index (χ3n) is 3.60. The summed E-state index contributed by atoms with van der Waals surface area (Å²) in [7, 11) is 0. The van der Waals surface area contributed by atoms with Gasteiger partial charge in [0.15, 0.2) is 5.52 Å².